The lowest BCUT2D eigenvalue weighted by Crippen LogP contribution is -2.56. The summed E-state index contributed by atoms with van der Waals surface area (Å²) in [6.45, 7) is 5.89. The number of carbonyl (C=O) groups excluding carboxylic acids is 1. The fraction of sp³-hybridized carbons (Fsp3) is 0.364. The highest BCUT2D eigenvalue weighted by atomic mass is 16.6. The molecule has 1 saturated heterocycles. The first-order chi connectivity index (χ1) is 18.9. The minimum absolute atomic E-state index is 0.0516. The van der Waals surface area contributed by atoms with Crippen LogP contribution in [0.1, 0.15) is 41.8 Å². The Balaban J connectivity index is 1.30. The van der Waals surface area contributed by atoms with E-state index in [9.17, 15) is 9.90 Å². The molecule has 3 aromatic carbocycles. The fourth-order valence-corrected chi connectivity index (χ4v) is 6.65. The van der Waals surface area contributed by atoms with Gasteiger partial charge in [-0.2, -0.15) is 0 Å². The number of nitrogens with zero attached hydrogens (tertiary/aromatic N) is 2. The number of piperidine rings is 1. The summed E-state index contributed by atoms with van der Waals surface area (Å²) in [5, 5.41) is 12.0. The Hall–Kier alpha value is -3.61. The minimum Gasteiger partial charge on any atom is -0.445 e. The Kier molecular flexibility index (Phi) is 6.92. The van der Waals surface area contributed by atoms with Gasteiger partial charge in [0.1, 0.15) is 6.61 Å². The predicted molar refractivity (Wildman–Crippen MR) is 154 cm³/mol. The van der Waals surface area contributed by atoms with E-state index in [0.29, 0.717) is 0 Å². The van der Waals surface area contributed by atoms with E-state index in [0.717, 1.165) is 31.5 Å². The first-order valence-electron chi connectivity index (χ1n) is 14.0. The third-order valence-electron chi connectivity index (χ3n) is 8.74. The number of rotatable bonds is 5. The van der Waals surface area contributed by atoms with Gasteiger partial charge in [-0.3, -0.25) is 4.90 Å². The van der Waals surface area contributed by atoms with Crippen LogP contribution in [0.4, 0.5) is 4.79 Å². The number of hydrogen-bond acceptors (Lipinski definition) is 4. The maximum atomic E-state index is 13.2. The number of aryl methyl sites for hydroxylation is 1. The van der Waals surface area contributed by atoms with Crippen LogP contribution in [0.2, 0.25) is 0 Å². The van der Waals surface area contributed by atoms with E-state index in [-0.39, 0.29) is 30.7 Å². The van der Waals surface area contributed by atoms with Crippen LogP contribution in [0.3, 0.4) is 0 Å². The van der Waals surface area contributed by atoms with Gasteiger partial charge in [-0.15, -0.1) is 0 Å². The van der Waals surface area contributed by atoms with Crippen molar-refractivity contribution in [3.05, 3.63) is 95.2 Å². The highest BCUT2D eigenvalue weighted by Crippen LogP contribution is 2.44. The average molecular weight is 524 g/mol. The molecule has 0 spiro atoms. The summed E-state index contributed by atoms with van der Waals surface area (Å²) in [6, 6.07) is 25.0. The van der Waals surface area contributed by atoms with E-state index in [1.165, 1.54) is 38.9 Å². The fourth-order valence-electron chi connectivity index (χ4n) is 6.65. The molecule has 6 nitrogen and oxygen atoms in total. The van der Waals surface area contributed by atoms with Crippen LogP contribution in [0.5, 0.6) is 0 Å². The number of aliphatic hydroxyl groups excluding tert-OH is 1. The van der Waals surface area contributed by atoms with Crippen LogP contribution in [0, 0.1) is 12.8 Å². The van der Waals surface area contributed by atoms with Gasteiger partial charge < -0.3 is 19.7 Å². The van der Waals surface area contributed by atoms with Crippen LogP contribution in [0.25, 0.3) is 22.0 Å². The van der Waals surface area contributed by atoms with Crippen molar-refractivity contribution in [2.24, 2.45) is 5.92 Å². The Morgan fingerprint density at radius 2 is 1.92 bits per heavy atom. The number of hydrogen-bond donors (Lipinski definition) is 2. The standard InChI is InChI=1S/C33H37N3O3/c1-21-9-7-12-24(17-21)25-13-8-14-26-27-15-16-36-19-28(22(2)37)29(18-30(36)32(27)34-31(25)26)35(3)33(38)39-20-23-10-5-4-6-11-23/h4-14,17,22,28-30,34,37H,15-16,18-20H2,1-3H3/t22-,28-,29-,30-/m0/s1. The summed E-state index contributed by atoms with van der Waals surface area (Å²) in [7, 11) is 1.81. The van der Waals surface area contributed by atoms with Gasteiger partial charge in [0, 0.05) is 48.7 Å². The van der Waals surface area contributed by atoms with Crippen LogP contribution < -0.4 is 0 Å². The summed E-state index contributed by atoms with van der Waals surface area (Å²) in [6.07, 6.45) is 0.830. The number of amides is 1. The molecule has 0 saturated carbocycles. The third-order valence-corrected chi connectivity index (χ3v) is 8.74. The normalized spacial score (nSPS) is 21.7. The van der Waals surface area contributed by atoms with Gasteiger partial charge in [-0.25, -0.2) is 4.79 Å². The van der Waals surface area contributed by atoms with Gasteiger partial charge in [0.05, 0.1) is 17.7 Å². The summed E-state index contributed by atoms with van der Waals surface area (Å²) in [4.78, 5) is 21.2. The maximum Gasteiger partial charge on any atom is 0.410 e. The molecule has 39 heavy (non-hydrogen) atoms. The van der Waals surface area contributed by atoms with Gasteiger partial charge in [-0.05, 0) is 43.4 Å². The Morgan fingerprint density at radius 1 is 1.13 bits per heavy atom. The Labute approximate surface area is 230 Å². The molecule has 2 aliphatic rings. The van der Waals surface area contributed by atoms with Gasteiger partial charge in [0.2, 0.25) is 0 Å². The first kappa shape index (κ1) is 25.7. The van der Waals surface area contributed by atoms with Crippen molar-refractivity contribution in [1.82, 2.24) is 14.8 Å². The van der Waals surface area contributed by atoms with Gasteiger partial charge in [0.15, 0.2) is 0 Å². The smallest absolute Gasteiger partial charge is 0.410 e. The molecule has 3 heterocycles. The van der Waals surface area contributed by atoms with E-state index >= 15 is 0 Å². The first-order valence-corrected chi connectivity index (χ1v) is 14.0. The summed E-state index contributed by atoms with van der Waals surface area (Å²) < 4.78 is 5.68. The zero-order chi connectivity index (χ0) is 27.1. The van der Waals surface area contributed by atoms with Crippen molar-refractivity contribution in [1.29, 1.82) is 0 Å². The number of aromatic nitrogens is 1. The van der Waals surface area contributed by atoms with Crippen molar-refractivity contribution >= 4 is 17.0 Å². The lowest BCUT2D eigenvalue weighted by Gasteiger charge is -2.49. The van der Waals surface area contributed by atoms with Crippen molar-refractivity contribution in [3.8, 4) is 11.1 Å². The average Bonchev–Trinajstić information content (AvgIpc) is 3.34. The zero-order valence-corrected chi connectivity index (χ0v) is 22.9. The van der Waals surface area contributed by atoms with E-state index in [1.54, 1.807) is 4.90 Å². The van der Waals surface area contributed by atoms with Crippen LogP contribution >= 0.6 is 0 Å². The van der Waals surface area contributed by atoms with Crippen molar-refractivity contribution < 1.29 is 14.6 Å². The molecule has 6 rings (SSSR count). The highest BCUT2D eigenvalue weighted by Gasteiger charge is 2.44. The van der Waals surface area contributed by atoms with E-state index in [2.05, 4.69) is 59.3 Å². The largest absolute Gasteiger partial charge is 0.445 e. The molecule has 0 radical (unpaired) electrons. The summed E-state index contributed by atoms with van der Waals surface area (Å²) >= 11 is 0. The van der Waals surface area contributed by atoms with E-state index in [1.807, 2.05) is 44.3 Å². The number of aromatic amines is 1. The molecule has 2 aliphatic heterocycles. The SMILES string of the molecule is Cc1cccc(-c2cccc3c4c([nH]c23)[C@@H]2C[C@H](N(C)C(=O)OCc3ccccc3)[C@H]([C@H](C)O)CN2CC4)c1. The predicted octanol–water partition coefficient (Wildman–Crippen LogP) is 6.08. The Bertz CT molecular complexity index is 1480. The van der Waals surface area contributed by atoms with Crippen molar-refractivity contribution in [3.63, 3.8) is 0 Å². The molecule has 1 amide bonds. The number of nitrogens with one attached hydrogen (secondary N) is 1. The number of ether oxygens (including phenoxy) is 1. The second-order valence-corrected chi connectivity index (χ2v) is 11.2. The van der Waals surface area contributed by atoms with Gasteiger partial charge >= 0.3 is 6.09 Å². The van der Waals surface area contributed by atoms with Crippen LogP contribution in [-0.2, 0) is 17.8 Å². The number of carbonyl (C=O) groups is 1. The number of para-hydroxylation sites is 1. The van der Waals surface area contributed by atoms with Crippen molar-refractivity contribution in [2.75, 3.05) is 20.1 Å². The topological polar surface area (TPSA) is 68.8 Å². The summed E-state index contributed by atoms with van der Waals surface area (Å²) in [5.41, 5.74) is 8.44. The molecule has 0 aliphatic carbocycles. The molecule has 0 unspecified atom stereocenters. The second-order valence-electron chi connectivity index (χ2n) is 11.2. The maximum absolute atomic E-state index is 13.2. The number of fused-ring (bicyclic) bond motifs is 5. The number of benzene rings is 3. The molecule has 6 heteroatoms. The molecule has 1 fully saturated rings. The molecule has 202 valence electrons. The van der Waals surface area contributed by atoms with Crippen molar-refractivity contribution in [2.45, 2.75) is 51.5 Å². The minimum atomic E-state index is -0.530. The van der Waals surface area contributed by atoms with Crippen LogP contribution in [0.15, 0.2) is 72.8 Å². The lowest BCUT2D eigenvalue weighted by atomic mass is 9.80. The molecule has 2 N–H and O–H groups in total. The molecular weight excluding hydrogens is 486 g/mol. The number of aliphatic hydroxyl groups is 1. The Morgan fingerprint density at radius 3 is 2.69 bits per heavy atom. The third kappa shape index (κ3) is 4.83. The van der Waals surface area contributed by atoms with E-state index < -0.39 is 6.10 Å². The molecule has 0 bridgehead atoms. The molecule has 4 atom stereocenters. The van der Waals surface area contributed by atoms with Gasteiger partial charge in [-0.1, -0.05) is 78.4 Å². The quantitative estimate of drug-likeness (QED) is 0.333. The molecule has 4 aromatic rings. The van der Waals surface area contributed by atoms with Crippen LogP contribution in [-0.4, -0.2) is 58.3 Å². The molecular formula is C33H37N3O3. The number of H-pyrrole nitrogens is 1. The summed E-state index contributed by atoms with van der Waals surface area (Å²) in [5.74, 6) is -0.0516. The van der Waals surface area contributed by atoms with Gasteiger partial charge in [0.25, 0.3) is 0 Å². The monoisotopic (exact) mass is 523 g/mol. The second kappa shape index (κ2) is 10.5. The van der Waals surface area contributed by atoms with E-state index in [4.69, 9.17) is 4.74 Å². The lowest BCUT2D eigenvalue weighted by molar-refractivity contribution is -0.0288. The zero-order valence-electron chi connectivity index (χ0n) is 22.9. The molecule has 1 aromatic heterocycles. The highest BCUT2D eigenvalue weighted by molar-refractivity contribution is 5.97.